The first-order valence-electron chi connectivity index (χ1n) is 3.96. The summed E-state index contributed by atoms with van der Waals surface area (Å²) in [6.45, 7) is 1.90. The van der Waals surface area contributed by atoms with Crippen LogP contribution < -0.4 is 0 Å². The molecule has 0 amide bonds. The van der Waals surface area contributed by atoms with E-state index in [-0.39, 0.29) is 23.0 Å². The van der Waals surface area contributed by atoms with Crippen molar-refractivity contribution in [2.45, 2.75) is 6.92 Å². The number of hydrogen-bond donors (Lipinski definition) is 0. The van der Waals surface area contributed by atoms with Gasteiger partial charge in [-0.15, -0.1) is 0 Å². The maximum absolute atomic E-state index is 11.3. The minimum absolute atomic E-state index is 0.0469. The second kappa shape index (κ2) is 4.23. The highest BCUT2D eigenvalue weighted by Gasteiger charge is 2.20. The van der Waals surface area contributed by atoms with Gasteiger partial charge in [-0.05, 0) is 6.92 Å². The summed E-state index contributed by atoms with van der Waals surface area (Å²) in [6, 6.07) is 0. The Kier molecular flexibility index (Phi) is 3.24. The van der Waals surface area contributed by atoms with Crippen molar-refractivity contribution in [2.24, 2.45) is 7.05 Å². The van der Waals surface area contributed by atoms with Crippen LogP contribution in [0.2, 0.25) is 5.15 Å². The van der Waals surface area contributed by atoms with Gasteiger partial charge in [0.15, 0.2) is 12.0 Å². The normalized spacial score (nSPS) is 9.93. The molecule has 0 saturated heterocycles. The third-order valence-corrected chi connectivity index (χ3v) is 2.05. The fraction of sp³-hybridized carbons (Fsp3) is 0.375. The van der Waals surface area contributed by atoms with E-state index in [0.29, 0.717) is 6.29 Å². The summed E-state index contributed by atoms with van der Waals surface area (Å²) in [5.74, 6) is -0.642. The second-order valence-electron chi connectivity index (χ2n) is 2.52. The Labute approximate surface area is 85.6 Å². The molecule has 1 aromatic rings. The second-order valence-corrected chi connectivity index (χ2v) is 2.87. The number of nitrogens with zero attached hydrogens (tertiary/aromatic N) is 2. The van der Waals surface area contributed by atoms with Gasteiger partial charge in [0.05, 0.1) is 12.2 Å². The van der Waals surface area contributed by atoms with Gasteiger partial charge in [0.2, 0.25) is 0 Å². The Morgan fingerprint density at radius 2 is 2.36 bits per heavy atom. The molecule has 0 aliphatic heterocycles. The number of rotatable bonds is 3. The van der Waals surface area contributed by atoms with Crippen LogP contribution in [-0.4, -0.2) is 28.6 Å². The molecule has 14 heavy (non-hydrogen) atoms. The molecule has 6 heteroatoms. The van der Waals surface area contributed by atoms with Gasteiger partial charge in [-0.3, -0.25) is 9.48 Å². The zero-order chi connectivity index (χ0) is 10.7. The highest BCUT2D eigenvalue weighted by Crippen LogP contribution is 2.17. The van der Waals surface area contributed by atoms with E-state index in [4.69, 9.17) is 16.3 Å². The van der Waals surface area contributed by atoms with Crippen LogP contribution in [0.25, 0.3) is 0 Å². The van der Waals surface area contributed by atoms with Gasteiger partial charge in [-0.1, -0.05) is 11.6 Å². The SMILES string of the molecule is CCOC(=O)c1nn(C)c(Cl)c1C=O. The summed E-state index contributed by atoms with van der Waals surface area (Å²) in [5, 5.41) is 3.91. The van der Waals surface area contributed by atoms with Gasteiger partial charge < -0.3 is 4.74 Å². The van der Waals surface area contributed by atoms with E-state index in [0.717, 1.165) is 0 Å². The van der Waals surface area contributed by atoms with E-state index in [2.05, 4.69) is 5.10 Å². The van der Waals surface area contributed by atoms with Gasteiger partial charge in [0, 0.05) is 7.05 Å². The maximum Gasteiger partial charge on any atom is 0.359 e. The molecule has 0 aliphatic rings. The smallest absolute Gasteiger partial charge is 0.359 e. The van der Waals surface area contributed by atoms with E-state index in [9.17, 15) is 9.59 Å². The predicted molar refractivity (Wildman–Crippen MR) is 49.6 cm³/mol. The van der Waals surface area contributed by atoms with E-state index < -0.39 is 5.97 Å². The topological polar surface area (TPSA) is 61.2 Å². The van der Waals surface area contributed by atoms with Gasteiger partial charge in [0.1, 0.15) is 5.15 Å². The van der Waals surface area contributed by atoms with Crippen LogP contribution in [0.3, 0.4) is 0 Å². The van der Waals surface area contributed by atoms with Gasteiger partial charge in [0.25, 0.3) is 0 Å². The number of halogens is 1. The van der Waals surface area contributed by atoms with Crippen LogP contribution in [0.5, 0.6) is 0 Å². The summed E-state index contributed by atoms with van der Waals surface area (Å²) in [5.41, 5.74) is 0.0157. The molecule has 0 spiro atoms. The van der Waals surface area contributed by atoms with Crippen molar-refractivity contribution in [3.05, 3.63) is 16.4 Å². The van der Waals surface area contributed by atoms with E-state index in [1.165, 1.54) is 11.7 Å². The van der Waals surface area contributed by atoms with Gasteiger partial charge in [-0.2, -0.15) is 5.10 Å². The largest absolute Gasteiger partial charge is 0.461 e. The zero-order valence-corrected chi connectivity index (χ0v) is 8.54. The number of ether oxygens (including phenoxy) is 1. The fourth-order valence-corrected chi connectivity index (χ4v) is 1.15. The van der Waals surface area contributed by atoms with Crippen molar-refractivity contribution in [1.82, 2.24) is 9.78 Å². The lowest BCUT2D eigenvalue weighted by atomic mass is 10.3. The molecule has 1 rings (SSSR count). The maximum atomic E-state index is 11.3. The fourth-order valence-electron chi connectivity index (χ4n) is 0.974. The van der Waals surface area contributed by atoms with Crippen LogP contribution >= 0.6 is 11.6 Å². The molecule has 0 aromatic carbocycles. The predicted octanol–water partition coefficient (Wildman–Crippen LogP) is 1.06. The van der Waals surface area contributed by atoms with Gasteiger partial charge in [-0.25, -0.2) is 4.79 Å². The first-order chi connectivity index (χ1) is 6.61. The molecule has 0 bridgehead atoms. The molecule has 1 heterocycles. The standard InChI is InChI=1S/C8H9ClN2O3/c1-3-14-8(13)6-5(4-12)7(9)11(2)10-6/h4H,3H2,1-2H3. The Hall–Kier alpha value is -1.36. The van der Waals surface area contributed by atoms with Crippen molar-refractivity contribution in [3.63, 3.8) is 0 Å². The minimum atomic E-state index is -0.642. The average molecular weight is 217 g/mol. The molecule has 0 aliphatic carbocycles. The molecular weight excluding hydrogens is 208 g/mol. The minimum Gasteiger partial charge on any atom is -0.461 e. The number of carbonyl (C=O) groups is 2. The molecule has 0 atom stereocenters. The highest BCUT2D eigenvalue weighted by atomic mass is 35.5. The third-order valence-electron chi connectivity index (χ3n) is 1.60. The molecule has 1 aromatic heterocycles. The average Bonchev–Trinajstić information content (AvgIpc) is 2.44. The van der Waals surface area contributed by atoms with Crippen molar-refractivity contribution < 1.29 is 14.3 Å². The Morgan fingerprint density at radius 3 is 2.86 bits per heavy atom. The monoisotopic (exact) mass is 216 g/mol. The van der Waals surface area contributed by atoms with Crippen LogP contribution in [0.1, 0.15) is 27.8 Å². The number of hydrogen-bond acceptors (Lipinski definition) is 4. The first kappa shape index (κ1) is 10.7. The summed E-state index contributed by atoms with van der Waals surface area (Å²) in [7, 11) is 1.54. The third kappa shape index (κ3) is 1.77. The number of esters is 1. The van der Waals surface area contributed by atoms with E-state index in [1.54, 1.807) is 6.92 Å². The molecule has 0 saturated carbocycles. The lowest BCUT2D eigenvalue weighted by Crippen LogP contribution is -2.08. The van der Waals surface area contributed by atoms with E-state index in [1.807, 2.05) is 0 Å². The molecule has 0 unspecified atom stereocenters. The summed E-state index contributed by atoms with van der Waals surface area (Å²) in [6.07, 6.45) is 0.488. The molecule has 0 radical (unpaired) electrons. The van der Waals surface area contributed by atoms with Crippen molar-refractivity contribution in [2.75, 3.05) is 6.61 Å². The lowest BCUT2D eigenvalue weighted by Gasteiger charge is -1.97. The highest BCUT2D eigenvalue weighted by molar-refractivity contribution is 6.32. The number of aryl methyl sites for hydroxylation is 1. The molecular formula is C8H9ClN2O3. The molecule has 0 N–H and O–H groups in total. The van der Waals surface area contributed by atoms with Crippen LogP contribution in [0, 0.1) is 0 Å². The number of carbonyl (C=O) groups excluding carboxylic acids is 2. The number of aldehydes is 1. The Bertz CT molecular complexity index is 373. The molecule has 5 nitrogen and oxygen atoms in total. The molecule has 0 fully saturated rings. The van der Waals surface area contributed by atoms with Gasteiger partial charge >= 0.3 is 5.97 Å². The summed E-state index contributed by atoms with van der Waals surface area (Å²) < 4.78 is 5.95. The Balaban J connectivity index is 3.14. The van der Waals surface area contributed by atoms with Crippen LogP contribution in [0.4, 0.5) is 0 Å². The first-order valence-corrected chi connectivity index (χ1v) is 4.34. The van der Waals surface area contributed by atoms with Crippen molar-refractivity contribution >= 4 is 23.9 Å². The summed E-state index contributed by atoms with van der Waals surface area (Å²) in [4.78, 5) is 21.9. The van der Waals surface area contributed by atoms with Crippen molar-refractivity contribution in [3.8, 4) is 0 Å². The van der Waals surface area contributed by atoms with E-state index >= 15 is 0 Å². The van der Waals surface area contributed by atoms with Crippen molar-refractivity contribution in [1.29, 1.82) is 0 Å². The lowest BCUT2D eigenvalue weighted by molar-refractivity contribution is 0.0516. The van der Waals surface area contributed by atoms with Crippen LogP contribution in [-0.2, 0) is 11.8 Å². The Morgan fingerprint density at radius 1 is 1.71 bits per heavy atom. The summed E-state index contributed by atoms with van der Waals surface area (Å²) >= 11 is 5.72. The zero-order valence-electron chi connectivity index (χ0n) is 7.78. The van der Waals surface area contributed by atoms with Crippen LogP contribution in [0.15, 0.2) is 0 Å². The molecule has 76 valence electrons. The number of aromatic nitrogens is 2. The quantitative estimate of drug-likeness (QED) is 0.560.